The van der Waals surface area contributed by atoms with Gasteiger partial charge in [-0.1, -0.05) is 89.9 Å². The Kier molecular flexibility index (Phi) is 19.8. The number of carboxylic acids is 1. The van der Waals surface area contributed by atoms with Gasteiger partial charge in [0, 0.05) is 12.8 Å². The monoisotopic (exact) mass is 430 g/mol. The number of esters is 2. The summed E-state index contributed by atoms with van der Waals surface area (Å²) in [5.41, 5.74) is 0. The Bertz CT molecular complexity index is 451. The number of carbonyl (C=O) groups excluding carboxylic acids is 2. The summed E-state index contributed by atoms with van der Waals surface area (Å²) in [4.78, 5) is 32.9. The maximum atomic E-state index is 11.4. The summed E-state index contributed by atoms with van der Waals surface area (Å²) in [5.74, 6) is -2.43. The summed E-state index contributed by atoms with van der Waals surface area (Å²) in [5, 5.41) is 26.2. The first-order chi connectivity index (χ1) is 14.5. The molecule has 1 atom stereocenters. The minimum Gasteiger partial charge on any atom is -0.481 e. The van der Waals surface area contributed by atoms with Gasteiger partial charge in [0.2, 0.25) is 0 Å². The molecule has 176 valence electrons. The molecule has 0 saturated carbocycles. The number of hydrogen-bond donors (Lipinski definition) is 3. The lowest BCUT2D eigenvalue weighted by Gasteiger charge is -2.06. The van der Waals surface area contributed by atoms with E-state index in [0.717, 1.165) is 38.5 Å². The molecule has 0 aliphatic carbocycles. The molecule has 0 saturated heterocycles. The Balaban J connectivity index is 3.22. The second-order valence-electron chi connectivity index (χ2n) is 8.04. The molecule has 7 heteroatoms. The quantitative estimate of drug-likeness (QED) is 0.139. The Labute approximate surface area is 181 Å². The van der Waals surface area contributed by atoms with Gasteiger partial charge in [-0.15, -0.1) is 0 Å². The molecule has 0 radical (unpaired) electrons. The highest BCUT2D eigenvalue weighted by atomic mass is 16.6. The van der Waals surface area contributed by atoms with Crippen molar-refractivity contribution in [2.45, 2.75) is 122 Å². The molecule has 0 aromatic heterocycles. The van der Waals surface area contributed by atoms with E-state index in [1.165, 1.54) is 57.8 Å². The van der Waals surface area contributed by atoms with E-state index in [1.54, 1.807) is 0 Å². The summed E-state index contributed by atoms with van der Waals surface area (Å²) in [6, 6.07) is 0. The molecular weight excluding hydrogens is 388 g/mol. The van der Waals surface area contributed by atoms with E-state index in [2.05, 4.69) is 4.74 Å². The highest BCUT2D eigenvalue weighted by Crippen LogP contribution is 2.14. The zero-order valence-corrected chi connectivity index (χ0v) is 18.5. The van der Waals surface area contributed by atoms with E-state index >= 15 is 0 Å². The molecule has 0 heterocycles. The smallest absolute Gasteiger partial charge is 0.345 e. The average Bonchev–Trinajstić information content (AvgIpc) is 2.71. The third-order valence-electron chi connectivity index (χ3n) is 5.18. The molecule has 0 bridgehead atoms. The van der Waals surface area contributed by atoms with Crippen LogP contribution in [0.1, 0.15) is 116 Å². The Morgan fingerprint density at radius 3 is 1.27 bits per heavy atom. The maximum absolute atomic E-state index is 11.4. The molecule has 7 nitrogen and oxygen atoms in total. The van der Waals surface area contributed by atoms with Crippen LogP contribution in [0.15, 0.2) is 0 Å². The third kappa shape index (κ3) is 19.8. The van der Waals surface area contributed by atoms with Crippen molar-refractivity contribution >= 4 is 17.9 Å². The van der Waals surface area contributed by atoms with E-state index in [0.29, 0.717) is 12.8 Å². The number of hydrogen-bond acceptors (Lipinski definition) is 6. The van der Waals surface area contributed by atoms with Gasteiger partial charge in [-0.3, -0.25) is 9.59 Å². The summed E-state index contributed by atoms with van der Waals surface area (Å²) in [7, 11) is 0. The van der Waals surface area contributed by atoms with Crippen molar-refractivity contribution in [3.05, 3.63) is 0 Å². The Hall–Kier alpha value is -1.47. The minimum absolute atomic E-state index is 0.159. The van der Waals surface area contributed by atoms with Crippen LogP contribution in [0.25, 0.3) is 0 Å². The molecule has 0 spiro atoms. The first kappa shape index (κ1) is 28.5. The van der Waals surface area contributed by atoms with Crippen LogP contribution in [0.2, 0.25) is 0 Å². The van der Waals surface area contributed by atoms with Crippen LogP contribution in [0.5, 0.6) is 0 Å². The molecule has 0 rings (SSSR count). The van der Waals surface area contributed by atoms with Gasteiger partial charge >= 0.3 is 17.9 Å². The van der Waals surface area contributed by atoms with E-state index in [1.807, 2.05) is 0 Å². The van der Waals surface area contributed by atoms with Crippen molar-refractivity contribution in [2.75, 3.05) is 6.61 Å². The van der Waals surface area contributed by atoms with E-state index in [4.69, 9.17) is 15.3 Å². The Morgan fingerprint density at radius 2 is 0.933 bits per heavy atom. The van der Waals surface area contributed by atoms with Gasteiger partial charge in [0.1, 0.15) is 0 Å². The number of unbranched alkanes of at least 4 members (excludes halogenated alkanes) is 15. The van der Waals surface area contributed by atoms with Crippen LogP contribution in [0, 0.1) is 0 Å². The van der Waals surface area contributed by atoms with Crippen molar-refractivity contribution in [3.63, 3.8) is 0 Å². The minimum atomic E-state index is -1.64. The van der Waals surface area contributed by atoms with Crippen molar-refractivity contribution in [1.29, 1.82) is 0 Å². The number of aliphatic carboxylic acids is 1. The molecule has 0 aliphatic rings. The topological polar surface area (TPSA) is 121 Å². The van der Waals surface area contributed by atoms with Gasteiger partial charge in [0.05, 0.1) is 6.61 Å². The second-order valence-corrected chi connectivity index (χ2v) is 8.04. The fraction of sp³-hybridized carbons (Fsp3) is 0.870. The van der Waals surface area contributed by atoms with Gasteiger partial charge in [0.25, 0.3) is 0 Å². The van der Waals surface area contributed by atoms with Crippen LogP contribution < -0.4 is 0 Å². The zero-order chi connectivity index (χ0) is 22.5. The van der Waals surface area contributed by atoms with Gasteiger partial charge < -0.3 is 20.1 Å². The fourth-order valence-electron chi connectivity index (χ4n) is 3.33. The first-order valence-electron chi connectivity index (χ1n) is 11.7. The second kappa shape index (κ2) is 20.8. The normalized spacial score (nSPS) is 11.9. The number of ether oxygens (including phenoxy) is 1. The van der Waals surface area contributed by atoms with E-state index in [-0.39, 0.29) is 6.42 Å². The number of rotatable bonds is 21. The average molecular weight is 431 g/mol. The SMILES string of the molecule is O=C(O)CCCCCCCCCCCCCCCCCCC(=O)OC(=O)C(O)CO. The van der Waals surface area contributed by atoms with Crippen LogP contribution in [-0.2, 0) is 19.1 Å². The van der Waals surface area contributed by atoms with Crippen molar-refractivity contribution in [1.82, 2.24) is 0 Å². The van der Waals surface area contributed by atoms with Gasteiger partial charge in [-0.05, 0) is 12.8 Å². The van der Waals surface area contributed by atoms with Crippen molar-refractivity contribution in [2.24, 2.45) is 0 Å². The lowest BCUT2D eigenvalue weighted by Crippen LogP contribution is -2.28. The molecule has 0 aliphatic heterocycles. The molecule has 0 aromatic rings. The predicted molar refractivity (Wildman–Crippen MR) is 115 cm³/mol. The van der Waals surface area contributed by atoms with Crippen molar-refractivity contribution in [3.8, 4) is 0 Å². The summed E-state index contributed by atoms with van der Waals surface area (Å²) in [6.07, 6.45) is 17.0. The van der Waals surface area contributed by atoms with Crippen LogP contribution in [0.4, 0.5) is 0 Å². The van der Waals surface area contributed by atoms with Crippen LogP contribution in [-0.4, -0.2) is 45.9 Å². The Morgan fingerprint density at radius 1 is 0.600 bits per heavy atom. The summed E-state index contributed by atoms with van der Waals surface area (Å²) in [6.45, 7) is -0.746. The van der Waals surface area contributed by atoms with Crippen molar-refractivity contribution < 1.29 is 34.4 Å². The summed E-state index contributed by atoms with van der Waals surface area (Å²) < 4.78 is 4.43. The number of carbonyl (C=O) groups is 3. The largest absolute Gasteiger partial charge is 0.481 e. The number of aliphatic hydroxyl groups is 2. The molecule has 0 aromatic carbocycles. The fourth-order valence-corrected chi connectivity index (χ4v) is 3.33. The number of aliphatic hydroxyl groups excluding tert-OH is 2. The lowest BCUT2D eigenvalue weighted by molar-refractivity contribution is -0.167. The van der Waals surface area contributed by atoms with E-state index < -0.39 is 30.6 Å². The van der Waals surface area contributed by atoms with Gasteiger partial charge in [-0.2, -0.15) is 0 Å². The molecular formula is C23H42O7. The molecule has 0 amide bonds. The number of carboxylic acid groups (broad SMARTS) is 1. The van der Waals surface area contributed by atoms with Crippen LogP contribution in [0.3, 0.4) is 0 Å². The zero-order valence-electron chi connectivity index (χ0n) is 18.5. The first-order valence-corrected chi connectivity index (χ1v) is 11.7. The lowest BCUT2D eigenvalue weighted by atomic mass is 10.0. The molecule has 1 unspecified atom stereocenters. The highest BCUT2D eigenvalue weighted by molar-refractivity contribution is 5.87. The molecule has 0 fully saturated rings. The predicted octanol–water partition coefficient (Wildman–Crippen LogP) is 4.52. The van der Waals surface area contributed by atoms with Gasteiger partial charge in [0.15, 0.2) is 6.10 Å². The standard InChI is InChI=1S/C23H42O7/c24-19-20(25)23(29)30-22(28)18-16-14-12-10-8-6-4-2-1-3-5-7-9-11-13-15-17-21(26)27/h20,24-25H,1-19H2,(H,26,27). The highest BCUT2D eigenvalue weighted by Gasteiger charge is 2.18. The van der Waals surface area contributed by atoms with E-state index in [9.17, 15) is 14.4 Å². The maximum Gasteiger partial charge on any atom is 0.345 e. The third-order valence-corrected chi connectivity index (χ3v) is 5.18. The summed E-state index contributed by atoms with van der Waals surface area (Å²) >= 11 is 0. The molecule has 3 N–H and O–H groups in total. The molecule has 30 heavy (non-hydrogen) atoms. The van der Waals surface area contributed by atoms with Gasteiger partial charge in [-0.25, -0.2) is 4.79 Å². The van der Waals surface area contributed by atoms with Crippen LogP contribution >= 0.6 is 0 Å².